The second-order valence-corrected chi connectivity index (χ2v) is 17.1. The predicted molar refractivity (Wildman–Crippen MR) is 283 cm³/mol. The van der Waals surface area contributed by atoms with Crippen LogP contribution in [-0.2, 0) is 0 Å². The van der Waals surface area contributed by atoms with Crippen molar-refractivity contribution in [3.8, 4) is 28.2 Å². The van der Waals surface area contributed by atoms with Gasteiger partial charge in [0.2, 0.25) is 5.95 Å². The van der Waals surface area contributed by atoms with Gasteiger partial charge in [0.05, 0.1) is 27.6 Å². The molecule has 0 saturated carbocycles. The van der Waals surface area contributed by atoms with Gasteiger partial charge in [0.15, 0.2) is 0 Å². The molecule has 0 aliphatic rings. The lowest BCUT2D eigenvalue weighted by atomic mass is 9.99. The predicted octanol–water partition coefficient (Wildman–Crippen LogP) is 16.4. The molecule has 0 atom stereocenters. The summed E-state index contributed by atoms with van der Waals surface area (Å²) in [6.45, 7) is 0. The molecule has 320 valence electrons. The third kappa shape index (κ3) is 6.66. The minimum atomic E-state index is 0.797. The van der Waals surface area contributed by atoms with E-state index in [9.17, 15) is 0 Å². The number of aromatic nitrogens is 4. The van der Waals surface area contributed by atoms with Crippen LogP contribution in [-0.4, -0.2) is 18.9 Å². The van der Waals surface area contributed by atoms with Crippen LogP contribution < -0.4 is 9.80 Å². The van der Waals surface area contributed by atoms with Gasteiger partial charge in [-0.15, -0.1) is 0 Å². The first kappa shape index (κ1) is 39.1. The Labute approximate surface area is 393 Å². The van der Waals surface area contributed by atoms with Crippen LogP contribution in [0.15, 0.2) is 255 Å². The van der Waals surface area contributed by atoms with Gasteiger partial charge < -0.3 is 9.80 Å². The summed E-state index contributed by atoms with van der Waals surface area (Å²) in [5.41, 5.74) is 17.0. The zero-order valence-corrected chi connectivity index (χ0v) is 36.9. The molecular formula is C62H42N6. The van der Waals surface area contributed by atoms with E-state index in [1.807, 2.05) is 6.07 Å². The molecule has 0 N–H and O–H groups in total. The van der Waals surface area contributed by atoms with E-state index in [1.54, 1.807) is 0 Å². The van der Waals surface area contributed by atoms with Crippen molar-refractivity contribution in [3.63, 3.8) is 0 Å². The summed E-state index contributed by atoms with van der Waals surface area (Å²) in [7, 11) is 0. The maximum atomic E-state index is 5.46. The van der Waals surface area contributed by atoms with E-state index >= 15 is 0 Å². The van der Waals surface area contributed by atoms with Gasteiger partial charge in [-0.05, 0) is 144 Å². The topological polar surface area (TPSA) is 41.6 Å². The Bertz CT molecular complexity index is 3680. The minimum Gasteiger partial charge on any atom is -0.311 e. The molecule has 13 rings (SSSR count). The Morgan fingerprint density at radius 2 is 0.662 bits per heavy atom. The zero-order chi connectivity index (χ0) is 45.0. The van der Waals surface area contributed by atoms with Crippen molar-refractivity contribution in [3.05, 3.63) is 255 Å². The summed E-state index contributed by atoms with van der Waals surface area (Å²) < 4.78 is 4.56. The Balaban J connectivity index is 0.981. The molecule has 0 radical (unpaired) electrons. The van der Waals surface area contributed by atoms with E-state index < -0.39 is 0 Å². The molecule has 0 spiro atoms. The molecule has 0 aliphatic heterocycles. The molecule has 68 heavy (non-hydrogen) atoms. The van der Waals surface area contributed by atoms with E-state index in [-0.39, 0.29) is 0 Å². The van der Waals surface area contributed by atoms with Gasteiger partial charge in [-0.25, -0.2) is 9.97 Å². The lowest BCUT2D eigenvalue weighted by Gasteiger charge is -2.25. The first-order valence-electron chi connectivity index (χ1n) is 23.0. The Morgan fingerprint density at radius 3 is 1.13 bits per heavy atom. The standard InChI is InChI=1S/C62H42N6/c1-5-17-47(18-6-1)65(48-19-7-2-8-20-48)51-35-29-43(30-36-51)45-33-39-58-54(41-45)55-42-46(44-31-37-52(38-32-44)66(49-21-9-3-10-22-49)50-23-11-4-12-24-50)34-40-59(55)67(58)62-64-56-26-14-13-25-53(56)61-63-57-27-15-16-28-60(57)68(61)62/h1-42H. The first-order chi connectivity index (χ1) is 33.7. The second kappa shape index (κ2) is 16.3. The molecule has 0 unspecified atom stereocenters. The molecule has 0 aliphatic carbocycles. The molecular weight excluding hydrogens is 829 g/mol. The Kier molecular flexibility index (Phi) is 9.39. The molecule has 0 fully saturated rings. The molecule has 3 aromatic heterocycles. The second-order valence-electron chi connectivity index (χ2n) is 17.1. The van der Waals surface area contributed by atoms with Crippen LogP contribution >= 0.6 is 0 Å². The maximum absolute atomic E-state index is 5.46. The number of anilines is 6. The summed E-state index contributed by atoms with van der Waals surface area (Å²) in [6.07, 6.45) is 0. The van der Waals surface area contributed by atoms with E-state index in [4.69, 9.17) is 9.97 Å². The monoisotopic (exact) mass is 870 g/mol. The number of benzene rings is 10. The number of para-hydroxylation sites is 7. The average Bonchev–Trinajstić information content (AvgIpc) is 3.96. The Hall–Kier alpha value is -9.26. The molecule has 13 aromatic rings. The normalized spacial score (nSPS) is 11.5. The summed E-state index contributed by atoms with van der Waals surface area (Å²) >= 11 is 0. The highest BCUT2D eigenvalue weighted by molar-refractivity contribution is 6.12. The van der Waals surface area contributed by atoms with Crippen LogP contribution in [0.5, 0.6) is 0 Å². The van der Waals surface area contributed by atoms with Crippen LogP contribution in [0.25, 0.3) is 77.6 Å². The Morgan fingerprint density at radius 1 is 0.279 bits per heavy atom. The summed E-state index contributed by atoms with van der Waals surface area (Å²) in [4.78, 5) is 15.3. The maximum Gasteiger partial charge on any atom is 0.221 e. The molecule has 6 heteroatoms. The summed E-state index contributed by atoms with van der Waals surface area (Å²) in [5, 5.41) is 3.30. The number of fused-ring (bicyclic) bond motifs is 8. The third-order valence-electron chi connectivity index (χ3n) is 13.1. The van der Waals surface area contributed by atoms with Gasteiger partial charge in [0, 0.05) is 50.3 Å². The van der Waals surface area contributed by atoms with Gasteiger partial charge in [0.25, 0.3) is 0 Å². The van der Waals surface area contributed by atoms with Crippen molar-refractivity contribution in [2.75, 3.05) is 9.80 Å². The average molecular weight is 871 g/mol. The number of hydrogen-bond acceptors (Lipinski definition) is 4. The molecule has 0 saturated heterocycles. The lowest BCUT2D eigenvalue weighted by molar-refractivity contribution is 0.979. The molecule has 0 bridgehead atoms. The van der Waals surface area contributed by atoms with Crippen molar-refractivity contribution in [1.82, 2.24) is 18.9 Å². The van der Waals surface area contributed by atoms with Crippen molar-refractivity contribution in [1.29, 1.82) is 0 Å². The molecule has 3 heterocycles. The zero-order valence-electron chi connectivity index (χ0n) is 36.9. The number of hydrogen-bond donors (Lipinski definition) is 0. The van der Waals surface area contributed by atoms with Crippen molar-refractivity contribution < 1.29 is 0 Å². The quantitative estimate of drug-likeness (QED) is 0.145. The third-order valence-corrected chi connectivity index (χ3v) is 13.1. The van der Waals surface area contributed by atoms with Crippen LogP contribution in [0.2, 0.25) is 0 Å². The van der Waals surface area contributed by atoms with E-state index in [0.29, 0.717) is 0 Å². The fourth-order valence-corrected chi connectivity index (χ4v) is 9.88. The van der Waals surface area contributed by atoms with Gasteiger partial charge in [-0.2, -0.15) is 0 Å². The van der Waals surface area contributed by atoms with Crippen LogP contribution in [0.4, 0.5) is 34.1 Å². The van der Waals surface area contributed by atoms with Crippen molar-refractivity contribution in [2.24, 2.45) is 0 Å². The summed E-state index contributed by atoms with van der Waals surface area (Å²) in [5.74, 6) is 0.797. The first-order valence-corrected chi connectivity index (χ1v) is 23.0. The SMILES string of the molecule is c1ccc(N(c2ccccc2)c2ccc(-c3ccc4c(c3)c3cc(-c5ccc(N(c6ccccc6)c6ccccc6)cc5)ccc3n4-c3nc4ccccc4c4nc5ccccc5n34)cc2)cc1. The van der Waals surface area contributed by atoms with Gasteiger partial charge in [0.1, 0.15) is 5.65 Å². The largest absolute Gasteiger partial charge is 0.311 e. The number of nitrogens with zero attached hydrogens (tertiary/aromatic N) is 6. The van der Waals surface area contributed by atoms with E-state index in [2.05, 4.69) is 267 Å². The fraction of sp³-hybridized carbons (Fsp3) is 0. The van der Waals surface area contributed by atoms with Gasteiger partial charge in [-0.3, -0.25) is 8.97 Å². The van der Waals surface area contributed by atoms with Gasteiger partial charge in [-0.1, -0.05) is 133 Å². The molecule has 6 nitrogen and oxygen atoms in total. The van der Waals surface area contributed by atoms with Crippen molar-refractivity contribution in [2.45, 2.75) is 0 Å². The van der Waals surface area contributed by atoms with Gasteiger partial charge >= 0.3 is 0 Å². The smallest absolute Gasteiger partial charge is 0.221 e. The fourth-order valence-electron chi connectivity index (χ4n) is 9.88. The molecule has 0 amide bonds. The highest BCUT2D eigenvalue weighted by Crippen LogP contribution is 2.41. The molecule has 10 aromatic carbocycles. The van der Waals surface area contributed by atoms with Crippen molar-refractivity contribution >= 4 is 83.5 Å². The lowest BCUT2D eigenvalue weighted by Crippen LogP contribution is -2.09. The minimum absolute atomic E-state index is 0.797. The van der Waals surface area contributed by atoms with E-state index in [1.165, 1.54) is 0 Å². The van der Waals surface area contributed by atoms with E-state index in [0.717, 1.165) is 112 Å². The van der Waals surface area contributed by atoms with Crippen LogP contribution in [0.3, 0.4) is 0 Å². The van der Waals surface area contributed by atoms with Crippen LogP contribution in [0.1, 0.15) is 0 Å². The summed E-state index contributed by atoms with van der Waals surface area (Å²) in [6, 6.07) is 90.4. The highest BCUT2D eigenvalue weighted by Gasteiger charge is 2.22. The van der Waals surface area contributed by atoms with Crippen LogP contribution in [0, 0.1) is 0 Å². The number of imidazole rings is 1. The number of rotatable bonds is 9. The highest BCUT2D eigenvalue weighted by atomic mass is 15.2.